The minimum Gasteiger partial charge on any atom is -0.480 e. The summed E-state index contributed by atoms with van der Waals surface area (Å²) in [7, 11) is 0. The van der Waals surface area contributed by atoms with Crippen molar-refractivity contribution < 1.29 is 44.4 Å². The SMILES string of the molecule is NC(=O)[C@H](CCC(=O)NCC[C@@H](O)C[C@H](O)CO)NC(=O)CC[C@@H](NC(=O)c1ccc(NCc2cnc3nc(N)[nH]c(=O)c3n2)cc1)C(=O)O. The Labute approximate surface area is 284 Å². The highest BCUT2D eigenvalue weighted by atomic mass is 16.4. The first-order valence-corrected chi connectivity index (χ1v) is 15.5. The number of carbonyl (C=O) groups is 5. The molecule has 0 spiro atoms. The highest BCUT2D eigenvalue weighted by molar-refractivity contribution is 5.97. The minimum absolute atomic E-state index is 0.0213. The summed E-state index contributed by atoms with van der Waals surface area (Å²) in [5, 5.41) is 47.8. The van der Waals surface area contributed by atoms with Gasteiger partial charge in [-0.15, -0.1) is 0 Å². The van der Waals surface area contributed by atoms with Crippen LogP contribution in [0.3, 0.4) is 0 Å². The van der Waals surface area contributed by atoms with E-state index in [1.165, 1.54) is 18.3 Å². The number of hydrogen-bond acceptors (Lipinski definition) is 14. The Bertz CT molecular complexity index is 1720. The molecule has 0 unspecified atom stereocenters. The maximum atomic E-state index is 12.8. The van der Waals surface area contributed by atoms with E-state index in [1.54, 1.807) is 12.1 Å². The van der Waals surface area contributed by atoms with Gasteiger partial charge in [-0.1, -0.05) is 0 Å². The number of nitrogen functional groups attached to an aromatic ring is 1. The van der Waals surface area contributed by atoms with Crippen molar-refractivity contribution in [2.45, 2.75) is 69.4 Å². The predicted molar refractivity (Wildman–Crippen MR) is 176 cm³/mol. The molecule has 4 atom stereocenters. The standard InChI is InChI=1S/C30H40N10O10/c31-25(46)20(5-7-22(44)33-10-9-18(42)11-19(43)14-41)37-23(45)8-6-21(29(49)50)38-27(47)15-1-3-16(4-2-15)34-12-17-13-35-26-24(36-17)28(48)40-30(32)39-26/h1-4,13,18-21,34,41-43H,5-12,14H2,(H2,31,46)(H,33,44)(H,37,45)(H,38,47)(H,49,50)(H3,32,35,39,40,48)/t18-,19+,20+,21-/m1/s1. The van der Waals surface area contributed by atoms with E-state index in [9.17, 15) is 44.1 Å². The van der Waals surface area contributed by atoms with E-state index in [0.29, 0.717) is 11.4 Å². The average Bonchev–Trinajstić information content (AvgIpc) is 3.07. The number of aliphatic carboxylic acids is 1. The number of aliphatic hydroxyl groups excluding tert-OH is 3. The third kappa shape index (κ3) is 12.4. The second-order valence-corrected chi connectivity index (χ2v) is 11.2. The molecule has 50 heavy (non-hydrogen) atoms. The first kappa shape index (κ1) is 38.7. The van der Waals surface area contributed by atoms with Crippen molar-refractivity contribution in [3.63, 3.8) is 0 Å². The molecule has 0 aliphatic heterocycles. The van der Waals surface area contributed by atoms with Crippen molar-refractivity contribution in [2.75, 3.05) is 24.2 Å². The number of aromatic amines is 1. The number of aliphatic hydroxyl groups is 3. The van der Waals surface area contributed by atoms with Crippen molar-refractivity contribution in [3.05, 3.63) is 52.1 Å². The quantitative estimate of drug-likeness (QED) is 0.0568. The fourth-order valence-corrected chi connectivity index (χ4v) is 4.56. The lowest BCUT2D eigenvalue weighted by Crippen LogP contribution is -2.46. The summed E-state index contributed by atoms with van der Waals surface area (Å²) in [6.07, 6.45) is -1.59. The largest absolute Gasteiger partial charge is 0.480 e. The summed E-state index contributed by atoms with van der Waals surface area (Å²) in [5.74, 6) is -4.31. The molecule has 2 heterocycles. The van der Waals surface area contributed by atoms with E-state index < -0.39 is 66.1 Å². The minimum atomic E-state index is -1.45. The zero-order chi connectivity index (χ0) is 36.8. The average molecular weight is 701 g/mol. The van der Waals surface area contributed by atoms with E-state index >= 15 is 0 Å². The number of nitrogens with one attached hydrogen (secondary N) is 5. The number of nitrogens with zero attached hydrogens (tertiary/aromatic N) is 3. The summed E-state index contributed by atoms with van der Waals surface area (Å²) in [6.45, 7) is -0.261. The van der Waals surface area contributed by atoms with Crippen LogP contribution < -0.4 is 38.3 Å². The molecule has 0 radical (unpaired) electrons. The normalized spacial score (nSPS) is 13.4. The molecule has 20 nitrogen and oxygen atoms in total. The number of carbonyl (C=O) groups excluding carboxylic acids is 4. The summed E-state index contributed by atoms with van der Waals surface area (Å²) in [6, 6.07) is 3.36. The van der Waals surface area contributed by atoms with Gasteiger partial charge in [0, 0.05) is 37.1 Å². The van der Waals surface area contributed by atoms with E-state index in [1.807, 2.05) is 0 Å². The number of carboxylic acids is 1. The maximum Gasteiger partial charge on any atom is 0.326 e. The lowest BCUT2D eigenvalue weighted by atomic mass is 10.1. The molecule has 0 fully saturated rings. The lowest BCUT2D eigenvalue weighted by Gasteiger charge is -2.18. The second-order valence-electron chi connectivity index (χ2n) is 11.2. The van der Waals surface area contributed by atoms with Gasteiger partial charge in [-0.05, 0) is 43.5 Å². The summed E-state index contributed by atoms with van der Waals surface area (Å²) in [4.78, 5) is 87.7. The Morgan fingerprint density at radius 1 is 0.900 bits per heavy atom. The van der Waals surface area contributed by atoms with Crippen LogP contribution in [0.25, 0.3) is 11.2 Å². The van der Waals surface area contributed by atoms with Crippen LogP contribution in [0, 0.1) is 0 Å². The molecule has 0 aliphatic carbocycles. The van der Waals surface area contributed by atoms with Crippen LogP contribution in [-0.4, -0.2) is 107 Å². The monoisotopic (exact) mass is 700 g/mol. The number of H-pyrrole nitrogens is 1. The van der Waals surface area contributed by atoms with Crippen molar-refractivity contribution in [1.29, 1.82) is 0 Å². The Kier molecular flexibility index (Phi) is 14.5. The fourth-order valence-electron chi connectivity index (χ4n) is 4.56. The molecular weight excluding hydrogens is 660 g/mol. The Morgan fingerprint density at radius 3 is 2.24 bits per heavy atom. The molecule has 0 saturated carbocycles. The van der Waals surface area contributed by atoms with Gasteiger partial charge < -0.3 is 53.2 Å². The molecule has 3 aromatic rings. The van der Waals surface area contributed by atoms with Crippen LogP contribution in [-0.2, 0) is 25.7 Å². The molecule has 20 heteroatoms. The summed E-state index contributed by atoms with van der Waals surface area (Å²) in [5.41, 5.74) is 11.6. The number of primary amides is 1. The number of nitrogens with two attached hydrogens (primary N) is 2. The number of hydrogen-bond donors (Lipinski definition) is 11. The van der Waals surface area contributed by atoms with Crippen molar-refractivity contribution in [3.8, 4) is 0 Å². The summed E-state index contributed by atoms with van der Waals surface area (Å²) >= 11 is 0. The third-order valence-electron chi connectivity index (χ3n) is 7.26. The zero-order valence-corrected chi connectivity index (χ0v) is 26.8. The van der Waals surface area contributed by atoms with Gasteiger partial charge in [-0.2, -0.15) is 4.98 Å². The van der Waals surface area contributed by atoms with Crippen LogP contribution in [0.2, 0.25) is 0 Å². The van der Waals surface area contributed by atoms with Crippen molar-refractivity contribution >= 4 is 52.4 Å². The molecule has 0 saturated heterocycles. The van der Waals surface area contributed by atoms with Gasteiger partial charge in [0.1, 0.15) is 12.1 Å². The van der Waals surface area contributed by atoms with Crippen LogP contribution >= 0.6 is 0 Å². The van der Waals surface area contributed by atoms with Gasteiger partial charge in [-0.25, -0.2) is 14.8 Å². The molecule has 0 aliphatic rings. The molecule has 13 N–H and O–H groups in total. The molecule has 2 aromatic heterocycles. The first-order valence-electron chi connectivity index (χ1n) is 15.5. The first-order chi connectivity index (χ1) is 23.7. The number of carboxylic acid groups (broad SMARTS) is 1. The van der Waals surface area contributed by atoms with E-state index in [0.717, 1.165) is 0 Å². The van der Waals surface area contributed by atoms with Gasteiger partial charge in [0.25, 0.3) is 11.5 Å². The van der Waals surface area contributed by atoms with Gasteiger partial charge in [0.05, 0.1) is 37.3 Å². The molecular formula is C30H40N10O10. The molecule has 0 bridgehead atoms. The number of anilines is 2. The lowest BCUT2D eigenvalue weighted by molar-refractivity contribution is -0.139. The Hall–Kier alpha value is -5.73. The summed E-state index contributed by atoms with van der Waals surface area (Å²) < 4.78 is 0. The number of rotatable bonds is 20. The fraction of sp³-hybridized carbons (Fsp3) is 0.433. The topological polar surface area (TPSA) is 338 Å². The van der Waals surface area contributed by atoms with Crippen LogP contribution in [0.4, 0.5) is 11.6 Å². The van der Waals surface area contributed by atoms with E-state index in [-0.39, 0.29) is 74.3 Å². The third-order valence-corrected chi connectivity index (χ3v) is 7.26. The number of benzene rings is 1. The predicted octanol–water partition coefficient (Wildman–Crippen LogP) is -2.77. The van der Waals surface area contributed by atoms with Gasteiger partial charge in [-0.3, -0.25) is 29.0 Å². The van der Waals surface area contributed by atoms with Gasteiger partial charge >= 0.3 is 5.97 Å². The van der Waals surface area contributed by atoms with E-state index in [4.69, 9.17) is 16.6 Å². The molecule has 4 amide bonds. The smallest absolute Gasteiger partial charge is 0.326 e. The van der Waals surface area contributed by atoms with Gasteiger partial charge in [0.2, 0.25) is 23.7 Å². The highest BCUT2D eigenvalue weighted by Crippen LogP contribution is 2.13. The van der Waals surface area contributed by atoms with Crippen molar-refractivity contribution in [2.24, 2.45) is 5.73 Å². The van der Waals surface area contributed by atoms with E-state index in [2.05, 4.69) is 41.2 Å². The van der Waals surface area contributed by atoms with Crippen molar-refractivity contribution in [1.82, 2.24) is 35.9 Å². The number of amides is 4. The van der Waals surface area contributed by atoms with Gasteiger partial charge in [0.15, 0.2) is 11.2 Å². The Morgan fingerprint density at radius 2 is 1.58 bits per heavy atom. The molecule has 3 rings (SSSR count). The maximum absolute atomic E-state index is 12.8. The number of fused-ring (bicyclic) bond motifs is 1. The molecule has 270 valence electrons. The van der Waals surface area contributed by atoms with Crippen LogP contribution in [0.15, 0.2) is 35.3 Å². The molecule has 1 aromatic carbocycles. The Balaban J connectivity index is 1.44. The van der Waals surface area contributed by atoms with Crippen LogP contribution in [0.5, 0.6) is 0 Å². The zero-order valence-electron chi connectivity index (χ0n) is 26.8. The van der Waals surface area contributed by atoms with Crippen LogP contribution in [0.1, 0.15) is 54.6 Å². The number of aromatic nitrogens is 4. The second kappa shape index (κ2) is 18.7. The highest BCUT2D eigenvalue weighted by Gasteiger charge is 2.24.